The summed E-state index contributed by atoms with van der Waals surface area (Å²) < 4.78 is 5.82. The van der Waals surface area contributed by atoms with Gasteiger partial charge in [-0.25, -0.2) is 0 Å². The van der Waals surface area contributed by atoms with Crippen molar-refractivity contribution in [2.75, 3.05) is 12.5 Å². The fraction of sp³-hybridized carbons (Fsp3) is 0.571. The number of hydrogen-bond acceptors (Lipinski definition) is 1. The molecule has 2 atom stereocenters. The van der Waals surface area contributed by atoms with Crippen LogP contribution in [0.3, 0.4) is 0 Å². The van der Waals surface area contributed by atoms with Crippen molar-refractivity contribution in [2.24, 2.45) is 5.92 Å². The molecule has 0 N–H and O–H groups in total. The Balaban J connectivity index is 1.84. The summed E-state index contributed by atoms with van der Waals surface area (Å²) in [5, 5.41) is 0. The molecular formula is C14H19ClO. The van der Waals surface area contributed by atoms with Crippen molar-refractivity contribution in [3.05, 3.63) is 35.9 Å². The van der Waals surface area contributed by atoms with Crippen LogP contribution < -0.4 is 0 Å². The largest absolute Gasteiger partial charge is 0.378 e. The Kier molecular flexibility index (Phi) is 4.68. The topological polar surface area (TPSA) is 9.23 Å². The number of ether oxygens (including phenoxy) is 1. The van der Waals surface area contributed by atoms with Crippen LogP contribution in [-0.2, 0) is 11.2 Å². The van der Waals surface area contributed by atoms with Crippen molar-refractivity contribution >= 4 is 11.6 Å². The number of rotatable bonds is 4. The van der Waals surface area contributed by atoms with Crippen molar-refractivity contribution in [1.29, 1.82) is 0 Å². The van der Waals surface area contributed by atoms with Crippen LogP contribution in [0.25, 0.3) is 0 Å². The van der Waals surface area contributed by atoms with Gasteiger partial charge in [0.2, 0.25) is 0 Å². The van der Waals surface area contributed by atoms with Crippen molar-refractivity contribution in [3.8, 4) is 0 Å². The van der Waals surface area contributed by atoms with Gasteiger partial charge in [0.05, 0.1) is 6.10 Å². The maximum atomic E-state index is 5.98. The molecule has 2 heteroatoms. The van der Waals surface area contributed by atoms with Crippen LogP contribution in [0.2, 0.25) is 0 Å². The Morgan fingerprint density at radius 2 is 2.06 bits per heavy atom. The normalized spacial score (nSPS) is 25.6. The maximum absolute atomic E-state index is 5.98. The molecule has 1 saturated heterocycles. The zero-order valence-electron chi connectivity index (χ0n) is 9.57. The van der Waals surface area contributed by atoms with Crippen molar-refractivity contribution < 1.29 is 4.74 Å². The van der Waals surface area contributed by atoms with Gasteiger partial charge in [0.25, 0.3) is 0 Å². The second kappa shape index (κ2) is 6.27. The lowest BCUT2D eigenvalue weighted by Gasteiger charge is -2.30. The van der Waals surface area contributed by atoms with E-state index in [2.05, 4.69) is 30.3 Å². The van der Waals surface area contributed by atoms with Crippen molar-refractivity contribution in [1.82, 2.24) is 0 Å². The molecule has 16 heavy (non-hydrogen) atoms. The van der Waals surface area contributed by atoms with Gasteiger partial charge in [-0.15, -0.1) is 11.6 Å². The van der Waals surface area contributed by atoms with Crippen molar-refractivity contribution in [2.45, 2.75) is 31.8 Å². The molecule has 1 aromatic carbocycles. The molecule has 1 nitrogen and oxygen atoms in total. The van der Waals surface area contributed by atoms with Crippen LogP contribution >= 0.6 is 11.6 Å². The van der Waals surface area contributed by atoms with E-state index in [9.17, 15) is 0 Å². The van der Waals surface area contributed by atoms with E-state index in [0.717, 1.165) is 25.3 Å². The van der Waals surface area contributed by atoms with E-state index in [0.29, 0.717) is 12.0 Å². The highest BCUT2D eigenvalue weighted by molar-refractivity contribution is 6.18. The first-order valence-corrected chi connectivity index (χ1v) is 6.65. The maximum Gasteiger partial charge on any atom is 0.0617 e. The molecule has 2 unspecified atom stereocenters. The molecule has 0 spiro atoms. The van der Waals surface area contributed by atoms with Crippen molar-refractivity contribution in [3.63, 3.8) is 0 Å². The Bertz CT molecular complexity index is 299. The predicted octanol–water partition coefficient (Wildman–Crippen LogP) is 3.65. The molecule has 1 fully saturated rings. The Labute approximate surface area is 103 Å². The zero-order valence-corrected chi connectivity index (χ0v) is 10.3. The highest BCUT2D eigenvalue weighted by Crippen LogP contribution is 2.25. The quantitative estimate of drug-likeness (QED) is 0.728. The summed E-state index contributed by atoms with van der Waals surface area (Å²) in [6.07, 6.45) is 4.95. The first-order valence-electron chi connectivity index (χ1n) is 6.11. The lowest BCUT2D eigenvalue weighted by molar-refractivity contribution is -0.0231. The van der Waals surface area contributed by atoms with Gasteiger partial charge in [-0.05, 0) is 37.2 Å². The molecular weight excluding hydrogens is 220 g/mol. The Hall–Kier alpha value is -0.530. The standard InChI is InChI=1S/C14H19ClO/c15-11-13-7-4-10-16-14(13)9-8-12-5-2-1-3-6-12/h1-3,5-6,13-14H,4,7-11H2. The second-order valence-corrected chi connectivity index (χ2v) is 4.80. The van der Waals surface area contributed by atoms with Gasteiger partial charge in [-0.3, -0.25) is 0 Å². The molecule has 1 aromatic rings. The first-order chi connectivity index (χ1) is 7.90. The molecule has 1 heterocycles. The van der Waals surface area contributed by atoms with Crippen LogP contribution in [0.5, 0.6) is 0 Å². The third-order valence-corrected chi connectivity index (χ3v) is 3.73. The van der Waals surface area contributed by atoms with Crippen LogP contribution in [0.4, 0.5) is 0 Å². The van der Waals surface area contributed by atoms with Crippen LogP contribution in [0.15, 0.2) is 30.3 Å². The summed E-state index contributed by atoms with van der Waals surface area (Å²) in [5.41, 5.74) is 1.39. The van der Waals surface area contributed by atoms with Gasteiger partial charge in [-0.2, -0.15) is 0 Å². The molecule has 0 aromatic heterocycles. The average Bonchev–Trinajstić information content (AvgIpc) is 2.38. The lowest BCUT2D eigenvalue weighted by Crippen LogP contribution is -2.31. The second-order valence-electron chi connectivity index (χ2n) is 4.49. The number of hydrogen-bond donors (Lipinski definition) is 0. The predicted molar refractivity (Wildman–Crippen MR) is 67.9 cm³/mol. The molecule has 88 valence electrons. The van der Waals surface area contributed by atoms with Gasteiger partial charge in [0.15, 0.2) is 0 Å². The third kappa shape index (κ3) is 3.23. The van der Waals surface area contributed by atoms with E-state index in [4.69, 9.17) is 16.3 Å². The molecule has 1 aliphatic heterocycles. The number of alkyl halides is 1. The summed E-state index contributed by atoms with van der Waals surface area (Å²) in [6.45, 7) is 0.910. The summed E-state index contributed by atoms with van der Waals surface area (Å²) in [7, 11) is 0. The molecule has 1 aliphatic rings. The SMILES string of the molecule is ClCC1CCCOC1CCc1ccccc1. The van der Waals surface area contributed by atoms with E-state index in [1.807, 2.05) is 0 Å². The van der Waals surface area contributed by atoms with Gasteiger partial charge >= 0.3 is 0 Å². The zero-order chi connectivity index (χ0) is 11.2. The molecule has 0 amide bonds. The third-order valence-electron chi connectivity index (χ3n) is 3.34. The Morgan fingerprint density at radius 3 is 2.81 bits per heavy atom. The van der Waals surface area contributed by atoms with Crippen LogP contribution in [-0.4, -0.2) is 18.6 Å². The summed E-state index contributed by atoms with van der Waals surface area (Å²) >= 11 is 5.98. The van der Waals surface area contributed by atoms with E-state index >= 15 is 0 Å². The van der Waals surface area contributed by atoms with E-state index in [1.54, 1.807) is 0 Å². The molecule has 2 rings (SSSR count). The van der Waals surface area contributed by atoms with Gasteiger partial charge in [-0.1, -0.05) is 30.3 Å². The molecule has 0 aliphatic carbocycles. The van der Waals surface area contributed by atoms with Gasteiger partial charge < -0.3 is 4.74 Å². The number of halogens is 1. The summed E-state index contributed by atoms with van der Waals surface area (Å²) in [6, 6.07) is 10.6. The fourth-order valence-electron chi connectivity index (χ4n) is 2.35. The highest BCUT2D eigenvalue weighted by atomic mass is 35.5. The fourth-order valence-corrected chi connectivity index (χ4v) is 2.70. The van der Waals surface area contributed by atoms with E-state index < -0.39 is 0 Å². The van der Waals surface area contributed by atoms with Crippen LogP contribution in [0.1, 0.15) is 24.8 Å². The van der Waals surface area contributed by atoms with Crippen LogP contribution in [0, 0.1) is 5.92 Å². The van der Waals surface area contributed by atoms with E-state index in [-0.39, 0.29) is 0 Å². The Morgan fingerprint density at radius 1 is 1.25 bits per heavy atom. The highest BCUT2D eigenvalue weighted by Gasteiger charge is 2.24. The van der Waals surface area contributed by atoms with E-state index in [1.165, 1.54) is 18.4 Å². The summed E-state index contributed by atoms with van der Waals surface area (Å²) in [4.78, 5) is 0. The van der Waals surface area contributed by atoms with Gasteiger partial charge in [0.1, 0.15) is 0 Å². The molecule has 0 bridgehead atoms. The average molecular weight is 239 g/mol. The minimum Gasteiger partial charge on any atom is -0.378 e. The lowest BCUT2D eigenvalue weighted by atomic mass is 9.92. The first kappa shape index (κ1) is 11.9. The number of aryl methyl sites for hydroxylation is 1. The van der Waals surface area contributed by atoms with Gasteiger partial charge in [0, 0.05) is 12.5 Å². The smallest absolute Gasteiger partial charge is 0.0617 e. The molecule has 0 saturated carbocycles. The summed E-state index contributed by atoms with van der Waals surface area (Å²) in [5.74, 6) is 1.29. The number of benzene rings is 1. The molecule has 0 radical (unpaired) electrons. The minimum absolute atomic E-state index is 0.367. The minimum atomic E-state index is 0.367. The monoisotopic (exact) mass is 238 g/mol.